The molecule has 0 radical (unpaired) electrons. The van der Waals surface area contributed by atoms with E-state index in [2.05, 4.69) is 60.8 Å². The molecule has 0 heterocycles. The van der Waals surface area contributed by atoms with Crippen LogP contribution in [0.2, 0.25) is 0 Å². The lowest BCUT2D eigenvalue weighted by Crippen LogP contribution is -2.24. The highest BCUT2D eigenvalue weighted by atomic mass is 16.1. The van der Waals surface area contributed by atoms with Crippen molar-refractivity contribution in [3.63, 3.8) is 0 Å². The number of unbranched alkanes of at least 4 members (excludes halogenated alkanes) is 15. The van der Waals surface area contributed by atoms with Crippen molar-refractivity contribution in [3.05, 3.63) is 60.2 Å². The van der Waals surface area contributed by atoms with Crippen molar-refractivity contribution in [1.29, 1.82) is 0 Å². The smallest absolute Gasteiger partial charge is 0.251 e. The molecule has 1 N–H and O–H groups in total. The van der Waals surface area contributed by atoms with Crippen LogP contribution in [0.4, 0.5) is 0 Å². The molecule has 0 bridgehead atoms. The van der Waals surface area contributed by atoms with Crippen LogP contribution < -0.4 is 5.32 Å². The summed E-state index contributed by atoms with van der Waals surface area (Å²) in [5.41, 5.74) is 0.794. The first-order chi connectivity index (χ1) is 18.3. The largest absolute Gasteiger partial charge is 0.352 e. The Kier molecular flexibility index (Phi) is 11.1. The molecule has 0 fully saturated rings. The van der Waals surface area contributed by atoms with Gasteiger partial charge in [0.05, 0.1) is 0 Å². The van der Waals surface area contributed by atoms with Gasteiger partial charge in [-0.15, -0.1) is 0 Å². The SMILES string of the molecule is CCCCCCCCCCCCCCCCCCNC(=O)c1ccc2ccc3cccc4ccc1c2c34. The van der Waals surface area contributed by atoms with Gasteiger partial charge in [0.2, 0.25) is 0 Å². The molecule has 2 nitrogen and oxygen atoms in total. The van der Waals surface area contributed by atoms with Crippen molar-refractivity contribution in [1.82, 2.24) is 5.32 Å². The van der Waals surface area contributed by atoms with Crippen LogP contribution in [-0.2, 0) is 0 Å². The van der Waals surface area contributed by atoms with Crippen LogP contribution in [0.5, 0.6) is 0 Å². The highest BCUT2D eigenvalue weighted by molar-refractivity contribution is 6.26. The normalized spacial score (nSPS) is 11.7. The molecule has 0 aliphatic heterocycles. The maximum absolute atomic E-state index is 13.0. The van der Waals surface area contributed by atoms with Crippen LogP contribution in [0.3, 0.4) is 0 Å². The van der Waals surface area contributed by atoms with Gasteiger partial charge in [-0.3, -0.25) is 4.79 Å². The molecule has 0 spiro atoms. The average Bonchev–Trinajstić information content (AvgIpc) is 2.93. The molecule has 0 unspecified atom stereocenters. The monoisotopic (exact) mass is 497 g/mol. The van der Waals surface area contributed by atoms with E-state index in [0.717, 1.165) is 23.9 Å². The van der Waals surface area contributed by atoms with E-state index in [0.29, 0.717) is 0 Å². The summed E-state index contributed by atoms with van der Waals surface area (Å²) in [7, 11) is 0. The zero-order chi connectivity index (χ0) is 25.7. The fourth-order valence-electron chi connectivity index (χ4n) is 5.90. The van der Waals surface area contributed by atoms with E-state index in [-0.39, 0.29) is 5.91 Å². The van der Waals surface area contributed by atoms with E-state index in [1.54, 1.807) is 0 Å². The van der Waals surface area contributed by atoms with Crippen molar-refractivity contribution in [2.24, 2.45) is 0 Å². The maximum Gasteiger partial charge on any atom is 0.251 e. The molecule has 0 atom stereocenters. The standard InChI is InChI=1S/C35H47NO/c1-2-3-4-5-6-7-8-9-10-11-12-13-14-15-16-17-27-36-35(37)32-26-24-30-22-21-28-19-18-20-29-23-25-31(32)34(30)33(28)29/h18-26H,2-17,27H2,1H3,(H,36,37). The summed E-state index contributed by atoms with van der Waals surface area (Å²) in [4.78, 5) is 13.0. The molecule has 4 aromatic rings. The predicted molar refractivity (Wildman–Crippen MR) is 162 cm³/mol. The Morgan fingerprint density at radius 1 is 0.541 bits per heavy atom. The molecule has 37 heavy (non-hydrogen) atoms. The Bertz CT molecular complexity index is 1210. The van der Waals surface area contributed by atoms with Gasteiger partial charge in [-0.25, -0.2) is 0 Å². The fraction of sp³-hybridized carbons (Fsp3) is 0.514. The molecule has 2 heteroatoms. The van der Waals surface area contributed by atoms with Crippen LogP contribution in [-0.4, -0.2) is 12.5 Å². The van der Waals surface area contributed by atoms with Crippen molar-refractivity contribution in [2.75, 3.05) is 6.54 Å². The van der Waals surface area contributed by atoms with Crippen molar-refractivity contribution >= 4 is 38.2 Å². The van der Waals surface area contributed by atoms with E-state index in [4.69, 9.17) is 0 Å². The van der Waals surface area contributed by atoms with Gasteiger partial charge in [-0.2, -0.15) is 0 Å². The van der Waals surface area contributed by atoms with Crippen LogP contribution in [0.15, 0.2) is 54.6 Å². The molecule has 0 saturated carbocycles. The summed E-state index contributed by atoms with van der Waals surface area (Å²) in [6.45, 7) is 3.05. The fourth-order valence-corrected chi connectivity index (χ4v) is 5.90. The van der Waals surface area contributed by atoms with Crippen molar-refractivity contribution < 1.29 is 4.79 Å². The molecular weight excluding hydrogens is 450 g/mol. The Balaban J connectivity index is 1.08. The van der Waals surface area contributed by atoms with Gasteiger partial charge in [0.25, 0.3) is 5.91 Å². The number of benzene rings is 4. The first-order valence-corrected chi connectivity index (χ1v) is 15.2. The summed E-state index contributed by atoms with van der Waals surface area (Å²) in [6, 6.07) is 19.1. The summed E-state index contributed by atoms with van der Waals surface area (Å²) in [5, 5.41) is 10.4. The number of rotatable bonds is 18. The molecule has 0 aromatic heterocycles. The summed E-state index contributed by atoms with van der Waals surface area (Å²) >= 11 is 0. The average molecular weight is 498 g/mol. The number of carbonyl (C=O) groups is 1. The molecular formula is C35H47NO. The molecule has 1 amide bonds. The van der Waals surface area contributed by atoms with Crippen LogP contribution >= 0.6 is 0 Å². The summed E-state index contributed by atoms with van der Waals surface area (Å²) in [6.07, 6.45) is 21.9. The minimum absolute atomic E-state index is 0.0545. The van der Waals surface area contributed by atoms with Gasteiger partial charge in [0, 0.05) is 12.1 Å². The number of amides is 1. The van der Waals surface area contributed by atoms with E-state index in [1.165, 1.54) is 123 Å². The van der Waals surface area contributed by atoms with Gasteiger partial charge in [0.1, 0.15) is 0 Å². The first kappa shape index (κ1) is 27.4. The summed E-state index contributed by atoms with van der Waals surface area (Å²) in [5.74, 6) is 0.0545. The first-order valence-electron chi connectivity index (χ1n) is 15.2. The number of hydrogen-bond acceptors (Lipinski definition) is 1. The molecule has 198 valence electrons. The zero-order valence-electron chi connectivity index (χ0n) is 23.1. The topological polar surface area (TPSA) is 29.1 Å². The zero-order valence-corrected chi connectivity index (χ0v) is 23.1. The highest BCUT2D eigenvalue weighted by Crippen LogP contribution is 2.35. The Hall–Kier alpha value is -2.61. The molecule has 0 aliphatic carbocycles. The lowest BCUT2D eigenvalue weighted by Gasteiger charge is -2.14. The van der Waals surface area contributed by atoms with Gasteiger partial charge in [-0.05, 0) is 44.8 Å². The quantitative estimate of drug-likeness (QED) is 0.107. The van der Waals surface area contributed by atoms with Gasteiger partial charge >= 0.3 is 0 Å². The van der Waals surface area contributed by atoms with E-state index < -0.39 is 0 Å². The third-order valence-corrected chi connectivity index (χ3v) is 8.09. The van der Waals surface area contributed by atoms with E-state index in [9.17, 15) is 4.79 Å². The lowest BCUT2D eigenvalue weighted by molar-refractivity contribution is 0.0954. The second-order valence-corrected chi connectivity index (χ2v) is 11.0. The Morgan fingerprint density at radius 2 is 1.00 bits per heavy atom. The minimum Gasteiger partial charge on any atom is -0.352 e. The third kappa shape index (κ3) is 7.69. The second-order valence-electron chi connectivity index (χ2n) is 11.0. The molecule has 4 rings (SSSR count). The van der Waals surface area contributed by atoms with E-state index in [1.807, 2.05) is 6.07 Å². The Labute approximate surface area is 224 Å². The number of hydrogen-bond donors (Lipinski definition) is 1. The van der Waals surface area contributed by atoms with Crippen LogP contribution in [0, 0.1) is 0 Å². The van der Waals surface area contributed by atoms with Crippen molar-refractivity contribution in [3.8, 4) is 0 Å². The van der Waals surface area contributed by atoms with Crippen LogP contribution in [0.25, 0.3) is 32.3 Å². The van der Waals surface area contributed by atoms with Gasteiger partial charge < -0.3 is 5.32 Å². The maximum atomic E-state index is 13.0. The predicted octanol–water partition coefficient (Wildman–Crippen LogP) is 10.6. The van der Waals surface area contributed by atoms with E-state index >= 15 is 0 Å². The number of nitrogens with one attached hydrogen (secondary N) is 1. The van der Waals surface area contributed by atoms with Crippen LogP contribution in [0.1, 0.15) is 120 Å². The lowest BCUT2D eigenvalue weighted by atomic mass is 9.92. The van der Waals surface area contributed by atoms with Gasteiger partial charge in [0.15, 0.2) is 0 Å². The Morgan fingerprint density at radius 3 is 1.57 bits per heavy atom. The van der Waals surface area contributed by atoms with Crippen molar-refractivity contribution in [2.45, 2.75) is 110 Å². The molecule has 0 saturated heterocycles. The summed E-state index contributed by atoms with van der Waals surface area (Å²) < 4.78 is 0. The molecule has 0 aliphatic rings. The number of carbonyl (C=O) groups excluding carboxylic acids is 1. The third-order valence-electron chi connectivity index (χ3n) is 8.09. The highest BCUT2D eigenvalue weighted by Gasteiger charge is 2.14. The van der Waals surface area contributed by atoms with Gasteiger partial charge in [-0.1, -0.05) is 152 Å². The molecule has 4 aromatic carbocycles. The second kappa shape index (κ2) is 15.0. The minimum atomic E-state index is 0.0545.